The van der Waals surface area contributed by atoms with Gasteiger partial charge in [-0.05, 0) is 39.5 Å². The highest BCUT2D eigenvalue weighted by Gasteiger charge is 1.98. The average molecular weight is 376 g/mol. The molecule has 0 aliphatic rings. The Morgan fingerprint density at radius 1 is 0.692 bits per heavy atom. The number of rotatable bonds is 20. The fraction of sp³-hybridized carbons (Fsp3) is 0.950. The largest absolute Gasteiger partial charge is 0.379 e. The first kappa shape index (κ1) is 25.3. The van der Waals surface area contributed by atoms with Gasteiger partial charge in [0, 0.05) is 33.3 Å². The minimum atomic E-state index is 0.109. The number of ether oxygens (including phenoxy) is 4. The Morgan fingerprint density at radius 3 is 1.65 bits per heavy atom. The minimum Gasteiger partial charge on any atom is -0.379 e. The van der Waals surface area contributed by atoms with Crippen LogP contribution < -0.4 is 5.32 Å². The Morgan fingerprint density at radius 2 is 1.15 bits per heavy atom. The van der Waals surface area contributed by atoms with E-state index in [2.05, 4.69) is 19.2 Å². The molecule has 0 aliphatic heterocycles. The van der Waals surface area contributed by atoms with Crippen LogP contribution in [0.15, 0.2) is 0 Å². The third-order valence-electron chi connectivity index (χ3n) is 3.85. The Bertz CT molecular complexity index is 300. The van der Waals surface area contributed by atoms with Gasteiger partial charge in [-0.15, -0.1) is 0 Å². The molecule has 6 heteroatoms. The van der Waals surface area contributed by atoms with Crippen molar-refractivity contribution in [1.82, 2.24) is 5.32 Å². The highest BCUT2D eigenvalue weighted by Crippen LogP contribution is 2.02. The van der Waals surface area contributed by atoms with Gasteiger partial charge >= 0.3 is 0 Å². The predicted octanol–water partition coefficient (Wildman–Crippen LogP) is 3.33. The van der Waals surface area contributed by atoms with Gasteiger partial charge in [0.2, 0.25) is 5.91 Å². The van der Waals surface area contributed by atoms with Gasteiger partial charge in [-0.1, -0.05) is 19.3 Å². The van der Waals surface area contributed by atoms with Crippen LogP contribution in [0.2, 0.25) is 0 Å². The van der Waals surface area contributed by atoms with E-state index in [4.69, 9.17) is 18.9 Å². The lowest BCUT2D eigenvalue weighted by molar-refractivity contribution is -0.120. The van der Waals surface area contributed by atoms with Gasteiger partial charge in [-0.3, -0.25) is 4.79 Å². The molecule has 6 nitrogen and oxygen atoms in total. The van der Waals surface area contributed by atoms with E-state index in [9.17, 15) is 4.79 Å². The van der Waals surface area contributed by atoms with E-state index in [1.807, 2.05) is 0 Å². The molecule has 0 rings (SSSR count). The third kappa shape index (κ3) is 21.4. The van der Waals surface area contributed by atoms with Crippen molar-refractivity contribution in [2.75, 3.05) is 53.3 Å². The van der Waals surface area contributed by atoms with Crippen LogP contribution in [0, 0.1) is 0 Å². The van der Waals surface area contributed by atoms with Crippen molar-refractivity contribution in [1.29, 1.82) is 0 Å². The van der Waals surface area contributed by atoms with Gasteiger partial charge in [0.1, 0.15) is 0 Å². The number of nitrogens with one attached hydrogen (secondary N) is 1. The number of hydrogen-bond donors (Lipinski definition) is 1. The van der Waals surface area contributed by atoms with Crippen LogP contribution in [0.1, 0.15) is 65.2 Å². The van der Waals surface area contributed by atoms with Gasteiger partial charge in [-0.25, -0.2) is 0 Å². The lowest BCUT2D eigenvalue weighted by atomic mass is 10.2. The smallest absolute Gasteiger partial charge is 0.219 e. The summed E-state index contributed by atoms with van der Waals surface area (Å²) in [5.41, 5.74) is 0. The molecule has 156 valence electrons. The Balaban J connectivity index is 3.02. The van der Waals surface area contributed by atoms with Crippen molar-refractivity contribution >= 4 is 5.91 Å². The van der Waals surface area contributed by atoms with Crippen molar-refractivity contribution in [2.45, 2.75) is 71.3 Å². The number of unbranched alkanes of at least 4 members (excludes halogenated alkanes) is 5. The molecule has 0 fully saturated rings. The highest BCUT2D eigenvalue weighted by molar-refractivity contribution is 5.75. The molecule has 0 heterocycles. The molecule has 26 heavy (non-hydrogen) atoms. The van der Waals surface area contributed by atoms with Crippen molar-refractivity contribution in [3.63, 3.8) is 0 Å². The summed E-state index contributed by atoms with van der Waals surface area (Å²) < 4.78 is 22.0. The summed E-state index contributed by atoms with van der Waals surface area (Å²) >= 11 is 0. The first-order chi connectivity index (χ1) is 12.7. The summed E-state index contributed by atoms with van der Waals surface area (Å²) in [6.45, 7) is 9.04. The van der Waals surface area contributed by atoms with Crippen LogP contribution in [-0.2, 0) is 23.7 Å². The van der Waals surface area contributed by atoms with Crippen molar-refractivity contribution in [3.8, 4) is 0 Å². The van der Waals surface area contributed by atoms with E-state index in [0.29, 0.717) is 39.0 Å². The van der Waals surface area contributed by atoms with E-state index >= 15 is 0 Å². The van der Waals surface area contributed by atoms with E-state index in [1.165, 1.54) is 12.8 Å². The topological polar surface area (TPSA) is 66.0 Å². The number of carbonyl (C=O) groups excluding carboxylic acids is 1. The summed E-state index contributed by atoms with van der Waals surface area (Å²) in [7, 11) is 1.67. The number of carbonyl (C=O) groups is 1. The predicted molar refractivity (Wildman–Crippen MR) is 105 cm³/mol. The first-order valence-corrected chi connectivity index (χ1v) is 10.2. The maximum atomic E-state index is 11.0. The molecule has 1 amide bonds. The second kappa shape index (κ2) is 20.6. The van der Waals surface area contributed by atoms with E-state index in [1.54, 1.807) is 7.05 Å². The number of amides is 1. The maximum absolute atomic E-state index is 11.0. The summed E-state index contributed by atoms with van der Waals surface area (Å²) in [4.78, 5) is 11.0. The molecule has 0 unspecified atom stereocenters. The van der Waals surface area contributed by atoms with Crippen molar-refractivity contribution in [3.05, 3.63) is 0 Å². The fourth-order valence-corrected chi connectivity index (χ4v) is 2.31. The molecule has 0 saturated carbocycles. The summed E-state index contributed by atoms with van der Waals surface area (Å²) in [5, 5.41) is 2.62. The molecule has 0 saturated heterocycles. The highest BCUT2D eigenvalue weighted by atomic mass is 16.5. The van der Waals surface area contributed by atoms with Crippen LogP contribution in [0.4, 0.5) is 0 Å². The number of hydrogen-bond acceptors (Lipinski definition) is 5. The third-order valence-corrected chi connectivity index (χ3v) is 3.85. The molecule has 0 atom stereocenters. The van der Waals surface area contributed by atoms with Gasteiger partial charge in [-0.2, -0.15) is 0 Å². The minimum absolute atomic E-state index is 0.109. The van der Waals surface area contributed by atoms with Crippen LogP contribution >= 0.6 is 0 Å². The quantitative estimate of drug-likeness (QED) is 0.331. The molecule has 0 aromatic rings. The standard InChI is InChI=1S/C20H41NO5/c1-19(2)26-14-10-5-4-8-12-23-15-17-25-18-16-24-13-9-6-7-11-20(22)21-3/h19H,4-18H2,1-3H3,(H,21,22). The zero-order chi connectivity index (χ0) is 19.3. The van der Waals surface area contributed by atoms with Crippen molar-refractivity contribution < 1.29 is 23.7 Å². The first-order valence-electron chi connectivity index (χ1n) is 10.2. The van der Waals surface area contributed by atoms with Crippen LogP contribution in [0.5, 0.6) is 0 Å². The molecule has 0 spiro atoms. The Labute approximate surface area is 160 Å². The summed E-state index contributed by atoms with van der Waals surface area (Å²) in [6, 6.07) is 0. The molecule has 0 radical (unpaired) electrons. The van der Waals surface area contributed by atoms with E-state index < -0.39 is 0 Å². The molecular formula is C20H41NO5. The second-order valence-corrected chi connectivity index (χ2v) is 6.65. The van der Waals surface area contributed by atoms with E-state index in [-0.39, 0.29) is 5.91 Å². The maximum Gasteiger partial charge on any atom is 0.219 e. The van der Waals surface area contributed by atoms with Gasteiger partial charge in [0.25, 0.3) is 0 Å². The summed E-state index contributed by atoms with van der Waals surface area (Å²) in [5.74, 6) is 0.109. The molecule has 1 N–H and O–H groups in total. The molecule has 0 aromatic carbocycles. The zero-order valence-electron chi connectivity index (χ0n) is 17.2. The SMILES string of the molecule is CNC(=O)CCCCCOCCOCCOCCCCCCOC(C)C. The van der Waals surface area contributed by atoms with Gasteiger partial charge < -0.3 is 24.3 Å². The monoisotopic (exact) mass is 375 g/mol. The normalized spacial score (nSPS) is 11.2. The Kier molecular flexibility index (Phi) is 20.1. The van der Waals surface area contributed by atoms with Crippen LogP contribution in [-0.4, -0.2) is 65.3 Å². The summed E-state index contributed by atoms with van der Waals surface area (Å²) in [6.07, 6.45) is 8.50. The lowest BCUT2D eigenvalue weighted by Gasteiger charge is -2.08. The lowest BCUT2D eigenvalue weighted by Crippen LogP contribution is -2.16. The molecule has 0 bridgehead atoms. The van der Waals surface area contributed by atoms with E-state index in [0.717, 1.165) is 51.9 Å². The molecule has 0 aliphatic carbocycles. The Hall–Kier alpha value is -0.690. The second-order valence-electron chi connectivity index (χ2n) is 6.65. The zero-order valence-corrected chi connectivity index (χ0v) is 17.2. The van der Waals surface area contributed by atoms with Crippen molar-refractivity contribution in [2.24, 2.45) is 0 Å². The van der Waals surface area contributed by atoms with Gasteiger partial charge in [0.15, 0.2) is 0 Å². The van der Waals surface area contributed by atoms with Crippen LogP contribution in [0.25, 0.3) is 0 Å². The molecular weight excluding hydrogens is 334 g/mol. The van der Waals surface area contributed by atoms with Crippen LogP contribution in [0.3, 0.4) is 0 Å². The fourth-order valence-electron chi connectivity index (χ4n) is 2.31. The average Bonchev–Trinajstić information content (AvgIpc) is 2.63. The molecule has 0 aromatic heterocycles. The van der Waals surface area contributed by atoms with Gasteiger partial charge in [0.05, 0.1) is 32.5 Å².